The van der Waals surface area contributed by atoms with Crippen molar-refractivity contribution in [2.75, 3.05) is 7.11 Å². The molecule has 2 aromatic heterocycles. The lowest BCUT2D eigenvalue weighted by molar-refractivity contribution is -0.148. The Labute approximate surface area is 236 Å². The van der Waals surface area contributed by atoms with Crippen LogP contribution in [0.15, 0.2) is 140 Å². The molecule has 0 saturated heterocycles. The van der Waals surface area contributed by atoms with E-state index in [0.29, 0.717) is 11.5 Å². The molecule has 0 aliphatic heterocycles. The number of aromatic nitrogens is 2. The van der Waals surface area contributed by atoms with Crippen molar-refractivity contribution in [3.63, 3.8) is 0 Å². The van der Waals surface area contributed by atoms with Crippen molar-refractivity contribution in [1.82, 2.24) is 9.97 Å². The molecule has 204 valence electrons. The normalized spacial score (nSPS) is 12.4. The number of carboxylic acids is 1. The highest BCUT2D eigenvalue weighted by molar-refractivity contribution is 5.74. The molecule has 6 heteroatoms. The fourth-order valence-electron chi connectivity index (χ4n) is 3.94. The molecule has 3 N–H and O–H groups in total. The minimum atomic E-state index is -0.969. The van der Waals surface area contributed by atoms with Gasteiger partial charge in [-0.15, -0.1) is 0 Å². The van der Waals surface area contributed by atoms with Crippen LogP contribution in [-0.4, -0.2) is 28.2 Å². The first-order valence-corrected chi connectivity index (χ1v) is 13.0. The van der Waals surface area contributed by atoms with Gasteiger partial charge in [-0.1, -0.05) is 110 Å². The molecule has 0 aliphatic rings. The summed E-state index contributed by atoms with van der Waals surface area (Å²) in [5.74, 6) is -0.596. The zero-order chi connectivity index (χ0) is 28.6. The van der Waals surface area contributed by atoms with E-state index in [1.54, 1.807) is 30.5 Å². The molecule has 0 fully saturated rings. The number of aliphatic carboxylic acids is 1. The predicted molar refractivity (Wildman–Crippen MR) is 159 cm³/mol. The van der Waals surface area contributed by atoms with Gasteiger partial charge in [0.15, 0.2) is 6.10 Å². The van der Waals surface area contributed by atoms with Crippen LogP contribution in [0.4, 0.5) is 0 Å². The number of nitrogens with two attached hydrogens (primary N) is 1. The third kappa shape index (κ3) is 9.27. The maximum absolute atomic E-state index is 10.6. The number of hydrogen-bond donors (Lipinski definition) is 2. The van der Waals surface area contributed by atoms with Crippen molar-refractivity contribution in [3.8, 4) is 0 Å². The van der Waals surface area contributed by atoms with Crippen LogP contribution in [-0.2, 0) is 9.53 Å². The van der Waals surface area contributed by atoms with Gasteiger partial charge >= 0.3 is 5.97 Å². The van der Waals surface area contributed by atoms with Gasteiger partial charge in [0.25, 0.3) is 0 Å². The molecule has 2 heterocycles. The van der Waals surface area contributed by atoms with E-state index < -0.39 is 12.1 Å². The van der Waals surface area contributed by atoms with Crippen LogP contribution in [0.2, 0.25) is 0 Å². The lowest BCUT2D eigenvalue weighted by Crippen LogP contribution is -2.12. The Morgan fingerprint density at radius 3 is 1.50 bits per heavy atom. The number of hydrogen-bond acceptors (Lipinski definition) is 5. The molecule has 40 heavy (non-hydrogen) atoms. The highest BCUT2D eigenvalue weighted by Crippen LogP contribution is 2.21. The van der Waals surface area contributed by atoms with E-state index in [1.807, 2.05) is 79.0 Å². The van der Waals surface area contributed by atoms with E-state index in [9.17, 15) is 4.79 Å². The first-order valence-electron chi connectivity index (χ1n) is 13.0. The van der Waals surface area contributed by atoms with Crippen LogP contribution in [0.5, 0.6) is 0 Å². The first-order chi connectivity index (χ1) is 19.5. The summed E-state index contributed by atoms with van der Waals surface area (Å²) >= 11 is 0. The molecule has 3 atom stereocenters. The standard InChI is InChI=1S/C13H13N.C12H12N2.C9H10O3/c1-11(12-7-3-2-4-8-12)13-9-5-6-10-14-13;13-12(10-6-2-1-3-7-10)11-8-4-5-9-14-11;1-12-8(9(10)11)7-5-3-2-4-6-7/h2-11H,1H3;1-9,12H,13H2;2-6,8H,1H3,(H,10,11)/t11-;12-;/m00./s1. The summed E-state index contributed by atoms with van der Waals surface area (Å²) in [5, 5.41) is 8.70. The summed E-state index contributed by atoms with van der Waals surface area (Å²) in [6, 6.07) is 41.0. The second-order valence-electron chi connectivity index (χ2n) is 8.89. The van der Waals surface area contributed by atoms with E-state index >= 15 is 0 Å². The monoisotopic (exact) mass is 533 g/mol. The molecule has 0 aliphatic carbocycles. The zero-order valence-corrected chi connectivity index (χ0v) is 22.7. The van der Waals surface area contributed by atoms with Crippen LogP contribution in [0.25, 0.3) is 0 Å². The number of carboxylic acid groups (broad SMARTS) is 1. The van der Waals surface area contributed by atoms with Gasteiger partial charge in [-0.25, -0.2) is 4.79 Å². The summed E-state index contributed by atoms with van der Waals surface area (Å²) in [6.07, 6.45) is 2.75. The van der Waals surface area contributed by atoms with Crippen LogP contribution in [0, 0.1) is 0 Å². The number of methoxy groups -OCH3 is 1. The van der Waals surface area contributed by atoms with Gasteiger partial charge in [0.05, 0.1) is 11.7 Å². The minimum Gasteiger partial charge on any atom is -0.479 e. The molecule has 1 unspecified atom stereocenters. The summed E-state index contributed by atoms with van der Waals surface area (Å²) in [7, 11) is 1.38. The van der Waals surface area contributed by atoms with Crippen LogP contribution in [0.1, 0.15) is 53.1 Å². The van der Waals surface area contributed by atoms with Gasteiger partial charge < -0.3 is 15.6 Å². The van der Waals surface area contributed by atoms with Crippen molar-refractivity contribution in [1.29, 1.82) is 0 Å². The summed E-state index contributed by atoms with van der Waals surface area (Å²) in [6.45, 7) is 2.18. The van der Waals surface area contributed by atoms with Gasteiger partial charge in [0.1, 0.15) is 0 Å². The molecule has 5 rings (SSSR count). The van der Waals surface area contributed by atoms with E-state index in [4.69, 9.17) is 15.6 Å². The average Bonchev–Trinajstić information content (AvgIpc) is 3.03. The minimum absolute atomic E-state index is 0.127. The molecule has 0 radical (unpaired) electrons. The number of benzene rings is 3. The highest BCUT2D eigenvalue weighted by Gasteiger charge is 2.17. The molecule has 0 saturated carbocycles. The Bertz CT molecular complexity index is 1210. The second kappa shape index (κ2) is 16.3. The molecule has 5 aromatic rings. The Balaban J connectivity index is 0.000000166. The average molecular weight is 534 g/mol. The lowest BCUT2D eigenvalue weighted by atomic mass is 9.97. The highest BCUT2D eigenvalue weighted by atomic mass is 16.5. The maximum Gasteiger partial charge on any atom is 0.337 e. The second-order valence-corrected chi connectivity index (χ2v) is 8.89. The zero-order valence-electron chi connectivity index (χ0n) is 22.7. The summed E-state index contributed by atoms with van der Waals surface area (Å²) in [5.41, 5.74) is 11.1. The van der Waals surface area contributed by atoms with E-state index in [-0.39, 0.29) is 6.04 Å². The lowest BCUT2D eigenvalue weighted by Gasteiger charge is -2.10. The van der Waals surface area contributed by atoms with Gasteiger partial charge in [-0.2, -0.15) is 0 Å². The molecule has 0 amide bonds. The molecule has 0 bridgehead atoms. The Kier molecular flexibility index (Phi) is 12.2. The maximum atomic E-state index is 10.6. The Hall–Kier alpha value is -4.65. The first kappa shape index (κ1) is 29.9. The third-order valence-electron chi connectivity index (χ3n) is 6.16. The number of carbonyl (C=O) groups is 1. The molecular weight excluding hydrogens is 498 g/mol. The van der Waals surface area contributed by atoms with Crippen molar-refractivity contribution in [3.05, 3.63) is 168 Å². The van der Waals surface area contributed by atoms with Crippen molar-refractivity contribution in [2.45, 2.75) is 25.0 Å². The van der Waals surface area contributed by atoms with Gasteiger partial charge in [0.2, 0.25) is 0 Å². The SMILES string of the molecule is COC(C(=O)O)c1ccccc1.C[C@@H](c1ccccc1)c1ccccn1.N[C@@H](c1ccccc1)c1ccccn1. The quantitative estimate of drug-likeness (QED) is 0.238. The van der Waals surface area contributed by atoms with E-state index in [1.165, 1.54) is 12.7 Å². The largest absolute Gasteiger partial charge is 0.479 e. The number of pyridine rings is 2. The predicted octanol–water partition coefficient (Wildman–Crippen LogP) is 6.82. The smallest absolute Gasteiger partial charge is 0.337 e. The molecular formula is C34H35N3O3. The number of nitrogens with zero attached hydrogens (tertiary/aromatic N) is 2. The third-order valence-corrected chi connectivity index (χ3v) is 6.16. The van der Waals surface area contributed by atoms with Gasteiger partial charge in [0, 0.05) is 31.1 Å². The summed E-state index contributed by atoms with van der Waals surface area (Å²) < 4.78 is 4.80. The number of ether oxygens (including phenoxy) is 1. The topological polar surface area (TPSA) is 98.3 Å². The van der Waals surface area contributed by atoms with Crippen LogP contribution < -0.4 is 5.73 Å². The van der Waals surface area contributed by atoms with Crippen LogP contribution >= 0.6 is 0 Å². The molecule has 6 nitrogen and oxygen atoms in total. The Morgan fingerprint density at radius 2 is 1.07 bits per heavy atom. The summed E-state index contributed by atoms with van der Waals surface area (Å²) in [4.78, 5) is 19.2. The van der Waals surface area contributed by atoms with E-state index in [2.05, 4.69) is 47.2 Å². The van der Waals surface area contributed by atoms with Gasteiger partial charge in [-0.05, 0) is 41.0 Å². The fourth-order valence-corrected chi connectivity index (χ4v) is 3.94. The van der Waals surface area contributed by atoms with Gasteiger partial charge in [-0.3, -0.25) is 9.97 Å². The van der Waals surface area contributed by atoms with Crippen molar-refractivity contribution in [2.24, 2.45) is 5.73 Å². The molecule has 0 spiro atoms. The Morgan fingerprint density at radius 1 is 0.650 bits per heavy atom. The fraction of sp³-hybridized carbons (Fsp3) is 0.147. The van der Waals surface area contributed by atoms with Crippen molar-refractivity contribution < 1.29 is 14.6 Å². The van der Waals surface area contributed by atoms with Crippen molar-refractivity contribution >= 4 is 5.97 Å². The molecule has 3 aromatic carbocycles. The number of rotatable bonds is 7. The van der Waals surface area contributed by atoms with Crippen LogP contribution in [0.3, 0.4) is 0 Å². The van der Waals surface area contributed by atoms with E-state index in [0.717, 1.165) is 17.0 Å².